The minimum atomic E-state index is 0. The third kappa shape index (κ3) is 9.50. The van der Waals surface area contributed by atoms with E-state index >= 15 is 0 Å². The summed E-state index contributed by atoms with van der Waals surface area (Å²) in [7, 11) is 0. The van der Waals surface area contributed by atoms with Gasteiger partial charge in [0.2, 0.25) is 0 Å². The van der Waals surface area contributed by atoms with Crippen LogP contribution in [-0.2, 0) is 13.1 Å². The van der Waals surface area contributed by atoms with E-state index in [0.717, 1.165) is 13.1 Å². The van der Waals surface area contributed by atoms with E-state index in [-0.39, 0.29) is 17.0 Å². The molecule has 23 heavy (non-hydrogen) atoms. The fourth-order valence-corrected chi connectivity index (χ4v) is 2.82. The molecular formula is C20H30BrN2+. The molecule has 0 aromatic carbocycles. The Kier molecular flexibility index (Phi) is 11.4. The number of pyridine rings is 2. The van der Waals surface area contributed by atoms with Gasteiger partial charge in [0.1, 0.15) is 13.1 Å². The first kappa shape index (κ1) is 19.8. The molecular weight excluding hydrogens is 348 g/mol. The molecule has 0 amide bonds. The van der Waals surface area contributed by atoms with Crippen LogP contribution in [0.3, 0.4) is 0 Å². The standard InChI is InChI=1S/C20H30N2.BrH/c1(3-5-9-15-21-17-11-7-12-18-21)2-4-6-10-16-22-19-13-8-14-20-22;/h7-8,11-14,17-20H,1-6,9-10,15-16H2;1H/q+2;/p-1. The van der Waals surface area contributed by atoms with Crippen molar-refractivity contribution in [1.82, 2.24) is 0 Å². The minimum absolute atomic E-state index is 0. The van der Waals surface area contributed by atoms with Crippen molar-refractivity contribution in [2.75, 3.05) is 0 Å². The molecule has 0 aliphatic carbocycles. The van der Waals surface area contributed by atoms with Crippen LogP contribution in [0, 0.1) is 0 Å². The van der Waals surface area contributed by atoms with Crippen molar-refractivity contribution in [2.45, 2.75) is 64.5 Å². The smallest absolute Gasteiger partial charge is 0.168 e. The van der Waals surface area contributed by atoms with E-state index in [2.05, 4.69) is 70.3 Å². The molecule has 0 aliphatic heterocycles. The third-order valence-electron chi connectivity index (χ3n) is 4.14. The molecule has 3 heteroatoms. The fraction of sp³-hybridized carbons (Fsp3) is 0.500. The van der Waals surface area contributed by atoms with Crippen molar-refractivity contribution in [3.8, 4) is 0 Å². The minimum Gasteiger partial charge on any atom is -1.00 e. The lowest BCUT2D eigenvalue weighted by Crippen LogP contribution is -3.00. The third-order valence-corrected chi connectivity index (χ3v) is 4.14. The maximum Gasteiger partial charge on any atom is 0.168 e. The second kappa shape index (κ2) is 13.2. The summed E-state index contributed by atoms with van der Waals surface area (Å²) in [5.74, 6) is 0. The fourth-order valence-electron chi connectivity index (χ4n) is 2.82. The molecule has 0 saturated carbocycles. The second-order valence-electron chi connectivity index (χ2n) is 6.06. The van der Waals surface area contributed by atoms with Crippen LogP contribution in [0.15, 0.2) is 61.2 Å². The average molecular weight is 378 g/mol. The Morgan fingerprint density at radius 3 is 1.04 bits per heavy atom. The monoisotopic (exact) mass is 377 g/mol. The molecule has 0 fully saturated rings. The van der Waals surface area contributed by atoms with Crippen LogP contribution < -0.4 is 26.1 Å². The van der Waals surface area contributed by atoms with Gasteiger partial charge in [0.05, 0.1) is 0 Å². The van der Waals surface area contributed by atoms with Crippen molar-refractivity contribution < 1.29 is 26.1 Å². The molecule has 2 aromatic heterocycles. The molecule has 2 heterocycles. The van der Waals surface area contributed by atoms with Gasteiger partial charge in [0, 0.05) is 37.1 Å². The van der Waals surface area contributed by atoms with Gasteiger partial charge in [-0.2, -0.15) is 0 Å². The number of rotatable bonds is 11. The van der Waals surface area contributed by atoms with Crippen LogP contribution in [0.5, 0.6) is 0 Å². The van der Waals surface area contributed by atoms with E-state index in [0.29, 0.717) is 0 Å². The molecule has 0 N–H and O–H groups in total. The van der Waals surface area contributed by atoms with Crippen molar-refractivity contribution >= 4 is 0 Å². The van der Waals surface area contributed by atoms with Crippen molar-refractivity contribution in [2.24, 2.45) is 0 Å². The Morgan fingerprint density at radius 1 is 0.391 bits per heavy atom. The Labute approximate surface area is 152 Å². The summed E-state index contributed by atoms with van der Waals surface area (Å²) < 4.78 is 4.56. The number of aromatic nitrogens is 2. The van der Waals surface area contributed by atoms with Crippen LogP contribution in [-0.4, -0.2) is 0 Å². The zero-order valence-corrected chi connectivity index (χ0v) is 15.7. The van der Waals surface area contributed by atoms with Crippen LogP contribution in [0.4, 0.5) is 0 Å². The Hall–Kier alpha value is -1.22. The van der Waals surface area contributed by atoms with Gasteiger partial charge in [0.15, 0.2) is 24.8 Å². The highest BCUT2D eigenvalue weighted by Crippen LogP contribution is 2.08. The van der Waals surface area contributed by atoms with E-state index in [4.69, 9.17) is 0 Å². The Balaban J connectivity index is 0.00000264. The number of nitrogens with zero attached hydrogens (tertiary/aromatic N) is 2. The molecule has 2 aromatic rings. The maximum absolute atomic E-state index is 2.28. The highest BCUT2D eigenvalue weighted by molar-refractivity contribution is 4.84. The summed E-state index contributed by atoms with van der Waals surface area (Å²) in [5.41, 5.74) is 0. The molecule has 0 saturated heterocycles. The molecule has 0 unspecified atom stereocenters. The summed E-state index contributed by atoms with van der Waals surface area (Å²) in [6, 6.07) is 12.6. The first-order chi connectivity index (χ1) is 10.9. The summed E-state index contributed by atoms with van der Waals surface area (Å²) in [6.07, 6.45) is 19.5. The predicted octanol–water partition coefficient (Wildman–Crippen LogP) is 1.09. The zero-order valence-electron chi connectivity index (χ0n) is 14.1. The van der Waals surface area contributed by atoms with E-state index in [1.165, 1.54) is 51.4 Å². The lowest BCUT2D eigenvalue weighted by Gasteiger charge is -2.01. The van der Waals surface area contributed by atoms with Gasteiger partial charge in [-0.15, -0.1) is 0 Å². The van der Waals surface area contributed by atoms with Crippen molar-refractivity contribution in [3.05, 3.63) is 61.2 Å². The number of halogens is 1. The van der Waals surface area contributed by atoms with Crippen LogP contribution in [0.25, 0.3) is 0 Å². The second-order valence-corrected chi connectivity index (χ2v) is 6.06. The lowest BCUT2D eigenvalue weighted by atomic mass is 10.1. The van der Waals surface area contributed by atoms with Gasteiger partial charge >= 0.3 is 0 Å². The molecule has 0 atom stereocenters. The number of hydrogen-bond acceptors (Lipinski definition) is 0. The van der Waals surface area contributed by atoms with Crippen molar-refractivity contribution in [1.29, 1.82) is 0 Å². The largest absolute Gasteiger partial charge is 1.00 e. The molecule has 2 nitrogen and oxygen atoms in total. The van der Waals surface area contributed by atoms with E-state index in [1.807, 2.05) is 0 Å². The SMILES string of the molecule is [Br-].c1cc[n+](CCCCCCCCCC[n+]2ccccc2)cc1. The normalized spacial score (nSPS) is 10.3. The van der Waals surface area contributed by atoms with Gasteiger partial charge in [0.25, 0.3) is 0 Å². The highest BCUT2D eigenvalue weighted by atomic mass is 79.9. The van der Waals surface area contributed by atoms with Crippen LogP contribution in [0.2, 0.25) is 0 Å². The number of hydrogen-bond donors (Lipinski definition) is 0. The summed E-state index contributed by atoms with van der Waals surface area (Å²) >= 11 is 0. The zero-order chi connectivity index (χ0) is 15.3. The first-order valence-electron chi connectivity index (χ1n) is 8.83. The van der Waals surface area contributed by atoms with Gasteiger partial charge in [-0.3, -0.25) is 0 Å². The topological polar surface area (TPSA) is 7.76 Å². The summed E-state index contributed by atoms with van der Waals surface area (Å²) in [5, 5.41) is 0. The van der Waals surface area contributed by atoms with E-state index in [9.17, 15) is 0 Å². The number of unbranched alkanes of at least 4 members (excludes halogenated alkanes) is 7. The van der Waals surface area contributed by atoms with Gasteiger partial charge in [-0.25, -0.2) is 9.13 Å². The van der Waals surface area contributed by atoms with Gasteiger partial charge < -0.3 is 17.0 Å². The van der Waals surface area contributed by atoms with Crippen LogP contribution >= 0.6 is 0 Å². The molecule has 126 valence electrons. The quantitative estimate of drug-likeness (QED) is 0.409. The molecule has 2 rings (SSSR count). The molecule has 0 aliphatic rings. The van der Waals surface area contributed by atoms with E-state index in [1.54, 1.807) is 0 Å². The summed E-state index contributed by atoms with van der Waals surface area (Å²) in [6.45, 7) is 2.32. The molecule has 0 radical (unpaired) electrons. The van der Waals surface area contributed by atoms with Crippen molar-refractivity contribution in [3.63, 3.8) is 0 Å². The Bertz CT molecular complexity index is 440. The predicted molar refractivity (Wildman–Crippen MR) is 90.2 cm³/mol. The molecule has 0 spiro atoms. The van der Waals surface area contributed by atoms with Gasteiger partial charge in [-0.1, -0.05) is 37.8 Å². The Morgan fingerprint density at radius 2 is 0.696 bits per heavy atom. The maximum atomic E-state index is 2.28. The lowest BCUT2D eigenvalue weighted by molar-refractivity contribution is -0.697. The van der Waals surface area contributed by atoms with E-state index < -0.39 is 0 Å². The number of aryl methyl sites for hydroxylation is 2. The highest BCUT2D eigenvalue weighted by Gasteiger charge is 1.99. The average Bonchev–Trinajstić information content (AvgIpc) is 2.58. The van der Waals surface area contributed by atoms with Gasteiger partial charge in [-0.05, 0) is 12.8 Å². The molecule has 0 bridgehead atoms. The van der Waals surface area contributed by atoms with Crippen LogP contribution in [0.1, 0.15) is 51.4 Å². The summed E-state index contributed by atoms with van der Waals surface area (Å²) in [4.78, 5) is 0. The first-order valence-corrected chi connectivity index (χ1v) is 8.83.